The van der Waals surface area contributed by atoms with Gasteiger partial charge in [-0.15, -0.1) is 0 Å². The molecule has 0 rings (SSSR count). The lowest BCUT2D eigenvalue weighted by molar-refractivity contribution is -0.143. The van der Waals surface area contributed by atoms with Crippen LogP contribution in [-0.4, -0.2) is 47.4 Å². The molecule has 0 saturated heterocycles. The molecule has 440 valence electrons. The Morgan fingerprint density at radius 3 is 1.00 bits per heavy atom. The maximum atomic E-state index is 12.5. The second-order valence-electron chi connectivity index (χ2n) is 23.5. The Kier molecular flexibility index (Phi) is 62.9. The van der Waals surface area contributed by atoms with Gasteiger partial charge in [0.1, 0.15) is 0 Å². The zero-order chi connectivity index (χ0) is 53.6. The summed E-state index contributed by atoms with van der Waals surface area (Å²) in [5.74, 6) is -0.0238. The average molecular weight is 1040 g/mol. The number of hydrogen-bond donors (Lipinski definition) is 3. The first kappa shape index (κ1) is 72.6. The second-order valence-corrected chi connectivity index (χ2v) is 23.5. The van der Waals surface area contributed by atoms with Crippen LogP contribution in [0.3, 0.4) is 0 Å². The zero-order valence-electron chi connectivity index (χ0n) is 50.4. The molecule has 0 aliphatic heterocycles. The first-order valence-electron chi connectivity index (χ1n) is 33.9. The van der Waals surface area contributed by atoms with Crippen LogP contribution in [-0.2, 0) is 14.3 Å². The van der Waals surface area contributed by atoms with Crippen molar-refractivity contribution in [2.45, 2.75) is 398 Å². The molecule has 3 N–H and O–H groups in total. The Balaban J connectivity index is 3.37. The van der Waals surface area contributed by atoms with Gasteiger partial charge in [0.05, 0.1) is 25.4 Å². The monoisotopic (exact) mass is 1040 g/mol. The van der Waals surface area contributed by atoms with Crippen molar-refractivity contribution < 1.29 is 24.5 Å². The van der Waals surface area contributed by atoms with E-state index in [0.717, 1.165) is 44.9 Å². The van der Waals surface area contributed by atoms with Gasteiger partial charge < -0.3 is 20.3 Å². The highest BCUT2D eigenvalue weighted by Crippen LogP contribution is 2.19. The Bertz CT molecular complexity index is 1110. The van der Waals surface area contributed by atoms with Crippen LogP contribution in [0.15, 0.2) is 12.2 Å². The van der Waals surface area contributed by atoms with Gasteiger partial charge in [-0.2, -0.15) is 0 Å². The summed E-state index contributed by atoms with van der Waals surface area (Å²) in [4.78, 5) is 24.5. The predicted molar refractivity (Wildman–Crippen MR) is 324 cm³/mol. The topological polar surface area (TPSA) is 95.9 Å². The van der Waals surface area contributed by atoms with Gasteiger partial charge in [0, 0.05) is 12.8 Å². The fraction of sp³-hybridized carbons (Fsp3) is 0.941. The largest absolute Gasteiger partial charge is 0.466 e. The smallest absolute Gasteiger partial charge is 0.305 e. The molecule has 2 unspecified atom stereocenters. The molecule has 6 nitrogen and oxygen atoms in total. The molecule has 0 fully saturated rings. The van der Waals surface area contributed by atoms with Crippen molar-refractivity contribution in [3.63, 3.8) is 0 Å². The number of unbranched alkanes of at least 4 members (excludes halogenated alkanes) is 51. The van der Waals surface area contributed by atoms with Crippen LogP contribution in [0.5, 0.6) is 0 Å². The van der Waals surface area contributed by atoms with Crippen molar-refractivity contribution in [2.75, 3.05) is 13.2 Å². The number of ether oxygens (including phenoxy) is 1. The first-order chi connectivity index (χ1) is 36.5. The molecular weight excluding hydrogens is 911 g/mol. The number of amides is 1. The molecule has 0 heterocycles. The maximum absolute atomic E-state index is 12.5. The van der Waals surface area contributed by atoms with E-state index in [-0.39, 0.29) is 18.5 Å². The van der Waals surface area contributed by atoms with Crippen LogP contribution < -0.4 is 5.32 Å². The minimum Gasteiger partial charge on any atom is -0.466 e. The third-order valence-corrected chi connectivity index (χ3v) is 16.1. The van der Waals surface area contributed by atoms with Crippen LogP contribution in [0.4, 0.5) is 0 Å². The van der Waals surface area contributed by atoms with Gasteiger partial charge in [0.25, 0.3) is 0 Å². The highest BCUT2D eigenvalue weighted by atomic mass is 16.5. The van der Waals surface area contributed by atoms with Crippen LogP contribution in [0.25, 0.3) is 0 Å². The molecule has 1 amide bonds. The van der Waals surface area contributed by atoms with E-state index in [4.69, 9.17) is 4.74 Å². The van der Waals surface area contributed by atoms with E-state index < -0.39 is 12.1 Å². The predicted octanol–water partition coefficient (Wildman–Crippen LogP) is 21.6. The molecule has 2 atom stereocenters. The van der Waals surface area contributed by atoms with Gasteiger partial charge in [-0.25, -0.2) is 0 Å². The Morgan fingerprint density at radius 1 is 0.365 bits per heavy atom. The van der Waals surface area contributed by atoms with E-state index >= 15 is 0 Å². The molecular formula is C68H133NO5. The van der Waals surface area contributed by atoms with Crippen molar-refractivity contribution in [1.29, 1.82) is 0 Å². The number of esters is 1. The van der Waals surface area contributed by atoms with E-state index in [1.165, 1.54) is 308 Å². The third-order valence-electron chi connectivity index (χ3n) is 16.1. The van der Waals surface area contributed by atoms with Crippen molar-refractivity contribution in [1.82, 2.24) is 5.32 Å². The SMILES string of the molecule is CCCC/C=C\CCCCCCCC(=O)OCCCCCCCCCCCCCCCCCCCCCCCCCCC(=O)NC(CO)C(O)CCCCCCCCCCCCCCCCCCCCCCCC. The van der Waals surface area contributed by atoms with Crippen molar-refractivity contribution in [3.05, 3.63) is 12.2 Å². The van der Waals surface area contributed by atoms with Gasteiger partial charge in [0.2, 0.25) is 5.91 Å². The van der Waals surface area contributed by atoms with Crippen molar-refractivity contribution in [2.24, 2.45) is 0 Å². The molecule has 0 spiro atoms. The fourth-order valence-corrected chi connectivity index (χ4v) is 10.9. The van der Waals surface area contributed by atoms with Crippen LogP contribution in [0.2, 0.25) is 0 Å². The number of carbonyl (C=O) groups is 2. The standard InChI is InChI=1S/C68H133NO5/c1-3-5-7-9-11-13-15-16-17-18-19-20-25-28-31-34-37-41-44-48-52-56-60-66(71)65(64-70)69-67(72)61-57-53-49-45-42-38-35-32-29-26-23-21-22-24-27-30-33-36-39-43-47-51-55-59-63-74-68(73)62-58-54-50-46-40-14-12-10-8-6-4-2/h10,12,65-66,70-71H,3-9,11,13-64H2,1-2H3,(H,69,72)/b12-10-. The van der Waals surface area contributed by atoms with Gasteiger partial charge in [0.15, 0.2) is 0 Å². The summed E-state index contributed by atoms with van der Waals surface area (Å²) >= 11 is 0. The molecule has 0 aromatic carbocycles. The summed E-state index contributed by atoms with van der Waals surface area (Å²) in [5.41, 5.74) is 0. The van der Waals surface area contributed by atoms with Crippen molar-refractivity contribution >= 4 is 11.9 Å². The zero-order valence-corrected chi connectivity index (χ0v) is 50.4. The summed E-state index contributed by atoms with van der Waals surface area (Å²) in [6, 6.07) is -0.541. The van der Waals surface area contributed by atoms with E-state index in [2.05, 4.69) is 31.3 Å². The van der Waals surface area contributed by atoms with Gasteiger partial charge in [-0.05, 0) is 44.9 Å². The summed E-state index contributed by atoms with van der Waals surface area (Å²) in [5, 5.41) is 23.4. The minimum absolute atomic E-state index is 0.00529. The third kappa shape index (κ3) is 59.8. The molecule has 0 saturated carbocycles. The minimum atomic E-state index is -0.664. The molecule has 0 aliphatic rings. The Hall–Kier alpha value is -1.40. The van der Waals surface area contributed by atoms with Gasteiger partial charge in [-0.3, -0.25) is 9.59 Å². The molecule has 0 radical (unpaired) electrons. The molecule has 0 bridgehead atoms. The lowest BCUT2D eigenvalue weighted by atomic mass is 10.0. The highest BCUT2D eigenvalue weighted by molar-refractivity contribution is 5.76. The summed E-state index contributed by atoms with van der Waals surface area (Å²) in [6.07, 6.45) is 78.2. The van der Waals surface area contributed by atoms with Gasteiger partial charge in [-0.1, -0.05) is 341 Å². The number of carbonyl (C=O) groups excluding carboxylic acids is 2. The first-order valence-corrected chi connectivity index (χ1v) is 33.9. The summed E-state index contributed by atoms with van der Waals surface area (Å²) < 4.78 is 5.46. The number of hydrogen-bond acceptors (Lipinski definition) is 5. The average Bonchev–Trinajstić information content (AvgIpc) is 3.40. The number of allylic oxidation sites excluding steroid dienone is 2. The maximum Gasteiger partial charge on any atom is 0.305 e. The van der Waals surface area contributed by atoms with Crippen molar-refractivity contribution in [3.8, 4) is 0 Å². The van der Waals surface area contributed by atoms with Crippen LogP contribution in [0, 0.1) is 0 Å². The number of aliphatic hydroxyl groups excluding tert-OH is 2. The molecule has 0 aliphatic carbocycles. The van der Waals surface area contributed by atoms with Gasteiger partial charge >= 0.3 is 5.97 Å². The van der Waals surface area contributed by atoms with E-state index in [1.807, 2.05) is 0 Å². The molecule has 0 aromatic rings. The number of rotatable bonds is 64. The molecule has 6 heteroatoms. The molecule has 74 heavy (non-hydrogen) atoms. The highest BCUT2D eigenvalue weighted by Gasteiger charge is 2.20. The van der Waals surface area contributed by atoms with Crippen LogP contribution >= 0.6 is 0 Å². The van der Waals surface area contributed by atoms with E-state index in [9.17, 15) is 19.8 Å². The quantitative estimate of drug-likeness (QED) is 0.0320. The van der Waals surface area contributed by atoms with Crippen LogP contribution in [0.1, 0.15) is 386 Å². The second kappa shape index (κ2) is 64.1. The molecule has 0 aromatic heterocycles. The summed E-state index contributed by atoms with van der Waals surface area (Å²) in [6.45, 7) is 4.95. The Morgan fingerprint density at radius 2 is 0.649 bits per heavy atom. The van der Waals surface area contributed by atoms with E-state index in [0.29, 0.717) is 25.9 Å². The fourth-order valence-electron chi connectivity index (χ4n) is 10.9. The van der Waals surface area contributed by atoms with E-state index in [1.54, 1.807) is 0 Å². The Labute approximate surface area is 463 Å². The lowest BCUT2D eigenvalue weighted by Gasteiger charge is -2.22. The summed E-state index contributed by atoms with van der Waals surface area (Å²) in [7, 11) is 0. The number of aliphatic hydroxyl groups is 2. The normalized spacial score (nSPS) is 12.5. The lowest BCUT2D eigenvalue weighted by Crippen LogP contribution is -2.45. The number of nitrogens with one attached hydrogen (secondary N) is 1.